The maximum Gasteiger partial charge on any atom is 0.0870 e. The van der Waals surface area contributed by atoms with Crippen LogP contribution >= 0.6 is 0 Å². The molecular formula is C14H19NO. The topological polar surface area (TPSA) is 32.6 Å². The minimum Gasteiger partial charge on any atom is -0.411 e. The third kappa shape index (κ3) is 1.84. The second-order valence-corrected chi connectivity index (χ2v) is 5.03. The molecule has 0 bridgehead atoms. The Hall–Kier alpha value is -1.31. The van der Waals surface area contributed by atoms with Crippen molar-refractivity contribution in [3.8, 4) is 0 Å². The van der Waals surface area contributed by atoms with Crippen LogP contribution in [-0.4, -0.2) is 10.9 Å². The first-order valence-electron chi connectivity index (χ1n) is 5.95. The van der Waals surface area contributed by atoms with Gasteiger partial charge in [0.15, 0.2) is 0 Å². The summed E-state index contributed by atoms with van der Waals surface area (Å²) in [5.41, 5.74) is 4.56. The molecule has 0 aromatic heterocycles. The second-order valence-electron chi connectivity index (χ2n) is 5.03. The lowest BCUT2D eigenvalue weighted by Gasteiger charge is -2.29. The molecule has 0 spiro atoms. The summed E-state index contributed by atoms with van der Waals surface area (Å²) in [6.45, 7) is 6.60. The summed E-state index contributed by atoms with van der Waals surface area (Å²) in [7, 11) is 0. The predicted molar refractivity (Wildman–Crippen MR) is 66.3 cm³/mol. The molecule has 0 heterocycles. The Bertz CT molecular complexity index is 421. The summed E-state index contributed by atoms with van der Waals surface area (Å²) in [6, 6.07) is 6.48. The summed E-state index contributed by atoms with van der Waals surface area (Å²) in [4.78, 5) is 0. The van der Waals surface area contributed by atoms with E-state index in [1.807, 2.05) is 0 Å². The van der Waals surface area contributed by atoms with Gasteiger partial charge < -0.3 is 5.21 Å². The third-order valence-electron chi connectivity index (χ3n) is 3.54. The first-order chi connectivity index (χ1) is 7.63. The molecule has 2 rings (SSSR count). The lowest BCUT2D eigenvalue weighted by Crippen LogP contribution is -2.20. The van der Waals surface area contributed by atoms with E-state index in [9.17, 15) is 0 Å². The van der Waals surface area contributed by atoms with Crippen LogP contribution in [0.4, 0.5) is 0 Å². The second kappa shape index (κ2) is 4.28. The van der Waals surface area contributed by atoms with Gasteiger partial charge in [-0.1, -0.05) is 36.7 Å². The minimum absolute atomic E-state index is 0.598. The standard InChI is InChI=1S/C14H19NO/c1-9(2)11-6-7-14(15-16)13-8-10(3)4-5-12(11)13/h4-5,8-9,11,16H,6-7H2,1-3H3/b15-14-/t11-/m0/s1. The quantitative estimate of drug-likeness (QED) is 0.564. The average molecular weight is 217 g/mol. The number of hydrogen-bond donors (Lipinski definition) is 1. The smallest absolute Gasteiger partial charge is 0.0870 e. The van der Waals surface area contributed by atoms with E-state index < -0.39 is 0 Å². The maximum atomic E-state index is 9.04. The fourth-order valence-electron chi connectivity index (χ4n) is 2.62. The van der Waals surface area contributed by atoms with Crippen LogP contribution in [-0.2, 0) is 0 Å². The van der Waals surface area contributed by atoms with Crippen LogP contribution < -0.4 is 0 Å². The zero-order valence-corrected chi connectivity index (χ0v) is 10.2. The fourth-order valence-corrected chi connectivity index (χ4v) is 2.62. The van der Waals surface area contributed by atoms with Crippen molar-refractivity contribution in [3.05, 3.63) is 34.9 Å². The largest absolute Gasteiger partial charge is 0.411 e. The van der Waals surface area contributed by atoms with Gasteiger partial charge in [0.05, 0.1) is 5.71 Å². The van der Waals surface area contributed by atoms with Crippen molar-refractivity contribution in [1.29, 1.82) is 0 Å². The SMILES string of the molecule is Cc1ccc2c(c1)/C(=N\O)CC[C@H]2C(C)C. The fraction of sp³-hybridized carbons (Fsp3) is 0.500. The van der Waals surface area contributed by atoms with E-state index >= 15 is 0 Å². The monoisotopic (exact) mass is 217 g/mol. The summed E-state index contributed by atoms with van der Waals surface area (Å²) in [6.07, 6.45) is 1.98. The predicted octanol–water partition coefficient (Wildman–Crippen LogP) is 3.71. The molecule has 0 fully saturated rings. The molecule has 1 aromatic rings. The first-order valence-corrected chi connectivity index (χ1v) is 5.95. The van der Waals surface area contributed by atoms with Crippen molar-refractivity contribution in [1.82, 2.24) is 0 Å². The molecule has 86 valence electrons. The molecule has 1 N–H and O–H groups in total. The minimum atomic E-state index is 0.598. The highest BCUT2D eigenvalue weighted by molar-refractivity contribution is 6.02. The van der Waals surface area contributed by atoms with E-state index in [2.05, 4.69) is 44.1 Å². The van der Waals surface area contributed by atoms with Crippen molar-refractivity contribution in [2.24, 2.45) is 11.1 Å². The van der Waals surface area contributed by atoms with E-state index in [0.29, 0.717) is 11.8 Å². The molecular weight excluding hydrogens is 198 g/mol. The Morgan fingerprint density at radius 2 is 2.12 bits per heavy atom. The molecule has 2 nitrogen and oxygen atoms in total. The Balaban J connectivity index is 2.53. The number of hydrogen-bond acceptors (Lipinski definition) is 2. The maximum absolute atomic E-state index is 9.04. The summed E-state index contributed by atoms with van der Waals surface area (Å²) < 4.78 is 0. The van der Waals surface area contributed by atoms with E-state index in [0.717, 1.165) is 24.1 Å². The number of oxime groups is 1. The molecule has 1 aliphatic rings. The van der Waals surface area contributed by atoms with E-state index in [4.69, 9.17) is 5.21 Å². The van der Waals surface area contributed by atoms with Crippen LogP contribution in [0.1, 0.15) is 49.3 Å². The zero-order chi connectivity index (χ0) is 11.7. The number of aryl methyl sites for hydroxylation is 1. The third-order valence-corrected chi connectivity index (χ3v) is 3.54. The molecule has 0 aliphatic heterocycles. The number of nitrogens with zero attached hydrogens (tertiary/aromatic N) is 1. The van der Waals surface area contributed by atoms with Crippen molar-refractivity contribution in [2.45, 2.75) is 39.5 Å². The Morgan fingerprint density at radius 3 is 2.75 bits per heavy atom. The van der Waals surface area contributed by atoms with Crippen molar-refractivity contribution < 1.29 is 5.21 Å². The van der Waals surface area contributed by atoms with Gasteiger partial charge in [-0.15, -0.1) is 0 Å². The lowest BCUT2D eigenvalue weighted by molar-refractivity contribution is 0.316. The molecule has 0 amide bonds. The van der Waals surface area contributed by atoms with Gasteiger partial charge in [-0.2, -0.15) is 0 Å². The average Bonchev–Trinajstić information content (AvgIpc) is 2.27. The molecule has 0 radical (unpaired) electrons. The molecule has 0 unspecified atom stereocenters. The van der Waals surface area contributed by atoms with Crippen LogP contribution in [0.3, 0.4) is 0 Å². The van der Waals surface area contributed by atoms with Crippen LogP contribution in [0.2, 0.25) is 0 Å². The summed E-state index contributed by atoms with van der Waals surface area (Å²) >= 11 is 0. The van der Waals surface area contributed by atoms with E-state index in [1.54, 1.807) is 0 Å². The highest BCUT2D eigenvalue weighted by atomic mass is 16.4. The summed E-state index contributed by atoms with van der Waals surface area (Å²) in [5.74, 6) is 1.24. The highest BCUT2D eigenvalue weighted by Crippen LogP contribution is 2.37. The van der Waals surface area contributed by atoms with Crippen molar-refractivity contribution >= 4 is 5.71 Å². The molecule has 1 aliphatic carbocycles. The van der Waals surface area contributed by atoms with Crippen molar-refractivity contribution in [3.63, 3.8) is 0 Å². The van der Waals surface area contributed by atoms with Gasteiger partial charge in [-0.25, -0.2) is 0 Å². The Kier molecular flexibility index (Phi) is 2.99. The van der Waals surface area contributed by atoms with Gasteiger partial charge in [-0.05, 0) is 43.2 Å². The molecule has 0 saturated heterocycles. The van der Waals surface area contributed by atoms with E-state index in [-0.39, 0.29) is 0 Å². The number of benzene rings is 1. The van der Waals surface area contributed by atoms with Gasteiger partial charge >= 0.3 is 0 Å². The molecule has 0 saturated carbocycles. The van der Waals surface area contributed by atoms with Crippen LogP contribution in [0.5, 0.6) is 0 Å². The Morgan fingerprint density at radius 1 is 1.38 bits per heavy atom. The van der Waals surface area contributed by atoms with Crippen molar-refractivity contribution in [2.75, 3.05) is 0 Å². The van der Waals surface area contributed by atoms with Gasteiger partial charge in [0.25, 0.3) is 0 Å². The van der Waals surface area contributed by atoms with Gasteiger partial charge in [0.2, 0.25) is 0 Å². The van der Waals surface area contributed by atoms with Gasteiger partial charge in [-0.3, -0.25) is 0 Å². The number of fused-ring (bicyclic) bond motifs is 1. The van der Waals surface area contributed by atoms with Gasteiger partial charge in [0, 0.05) is 5.56 Å². The number of rotatable bonds is 1. The molecule has 2 heteroatoms. The van der Waals surface area contributed by atoms with Crippen LogP contribution in [0, 0.1) is 12.8 Å². The first kappa shape index (κ1) is 11.2. The van der Waals surface area contributed by atoms with E-state index in [1.165, 1.54) is 11.1 Å². The van der Waals surface area contributed by atoms with Crippen LogP contribution in [0.15, 0.2) is 23.4 Å². The lowest BCUT2D eigenvalue weighted by atomic mass is 9.76. The molecule has 1 aromatic carbocycles. The zero-order valence-electron chi connectivity index (χ0n) is 10.2. The Labute approximate surface area is 97.0 Å². The molecule has 1 atom stereocenters. The molecule has 16 heavy (non-hydrogen) atoms. The normalized spacial score (nSPS) is 22.5. The highest BCUT2D eigenvalue weighted by Gasteiger charge is 2.26. The van der Waals surface area contributed by atoms with Gasteiger partial charge in [0.1, 0.15) is 0 Å². The van der Waals surface area contributed by atoms with Crippen LogP contribution in [0.25, 0.3) is 0 Å². The summed E-state index contributed by atoms with van der Waals surface area (Å²) in [5, 5.41) is 12.5.